The van der Waals surface area contributed by atoms with Crippen LogP contribution in [-0.2, 0) is 0 Å². The van der Waals surface area contributed by atoms with Gasteiger partial charge in [0, 0.05) is 0 Å². The van der Waals surface area contributed by atoms with Gasteiger partial charge in [-0.2, -0.15) is 0 Å². The van der Waals surface area contributed by atoms with E-state index in [1.807, 2.05) is 27.7 Å². The highest BCUT2D eigenvalue weighted by atomic mass is 16.3. The standard InChI is InChI=1S/C26H42O.C2H6/c1-20-10-5-6-11-21(20)14-15-22-12-9-19-26(4)23(16-17-24(22)26)13-7-8-18-25(2,3)27;1-2/h14-15,23-24,27H,1,5-13,16-19H2,2-4H3;1-2H3/b21-14+,22-15+;. The van der Waals surface area contributed by atoms with E-state index in [-0.39, 0.29) is 0 Å². The van der Waals surface area contributed by atoms with Crippen LogP contribution in [0, 0.1) is 17.3 Å². The second-order valence-electron chi connectivity index (χ2n) is 10.5. The number of rotatable bonds is 6. The van der Waals surface area contributed by atoms with Crippen LogP contribution in [0.5, 0.6) is 0 Å². The molecule has 0 aromatic heterocycles. The van der Waals surface area contributed by atoms with E-state index in [2.05, 4.69) is 25.7 Å². The van der Waals surface area contributed by atoms with Gasteiger partial charge in [-0.25, -0.2) is 0 Å². The summed E-state index contributed by atoms with van der Waals surface area (Å²) in [5.41, 5.74) is 4.64. The summed E-state index contributed by atoms with van der Waals surface area (Å²) in [5.74, 6) is 1.68. The smallest absolute Gasteiger partial charge is 0.0591 e. The Morgan fingerprint density at radius 3 is 2.45 bits per heavy atom. The van der Waals surface area contributed by atoms with Crippen LogP contribution in [0.4, 0.5) is 0 Å². The molecule has 3 atom stereocenters. The van der Waals surface area contributed by atoms with Crippen molar-refractivity contribution in [2.24, 2.45) is 17.3 Å². The summed E-state index contributed by atoms with van der Waals surface area (Å²) >= 11 is 0. The second kappa shape index (κ2) is 11.0. The van der Waals surface area contributed by atoms with Gasteiger partial charge in [0.15, 0.2) is 0 Å². The van der Waals surface area contributed by atoms with Crippen LogP contribution in [0.1, 0.15) is 118 Å². The number of allylic oxidation sites excluding steroid dienone is 5. The van der Waals surface area contributed by atoms with E-state index in [0.29, 0.717) is 5.41 Å². The topological polar surface area (TPSA) is 20.2 Å². The monoisotopic (exact) mass is 400 g/mol. The maximum atomic E-state index is 9.95. The first kappa shape index (κ1) is 24.4. The average molecular weight is 401 g/mol. The van der Waals surface area contributed by atoms with Crippen molar-refractivity contribution in [2.45, 2.75) is 124 Å². The van der Waals surface area contributed by atoms with Crippen LogP contribution in [0.25, 0.3) is 0 Å². The molecule has 3 unspecified atom stereocenters. The lowest BCUT2D eigenvalue weighted by atomic mass is 9.62. The summed E-state index contributed by atoms with van der Waals surface area (Å²) in [6.07, 6.45) is 21.6. The van der Waals surface area contributed by atoms with Gasteiger partial charge in [0.25, 0.3) is 0 Å². The normalized spacial score (nSPS) is 32.8. The molecule has 1 heteroatoms. The summed E-state index contributed by atoms with van der Waals surface area (Å²) < 4.78 is 0. The van der Waals surface area contributed by atoms with Gasteiger partial charge < -0.3 is 5.11 Å². The summed E-state index contributed by atoms with van der Waals surface area (Å²) in [4.78, 5) is 0. The van der Waals surface area contributed by atoms with E-state index in [9.17, 15) is 5.11 Å². The third-order valence-electron chi connectivity index (χ3n) is 7.88. The SMILES string of the molecule is C=C1CCCC/C1=C\C=C1/CCCC2(C)C(CCCCC(C)(C)O)CCC12.CC. The highest BCUT2D eigenvalue weighted by Gasteiger charge is 2.48. The molecule has 0 saturated heterocycles. The Bertz CT molecular complexity index is 588. The number of fused-ring (bicyclic) bond motifs is 1. The molecule has 166 valence electrons. The molecule has 1 N–H and O–H groups in total. The zero-order valence-corrected chi connectivity index (χ0v) is 20.2. The van der Waals surface area contributed by atoms with Gasteiger partial charge in [-0.05, 0) is 107 Å². The summed E-state index contributed by atoms with van der Waals surface area (Å²) in [6, 6.07) is 0. The quantitative estimate of drug-likeness (QED) is 0.443. The Morgan fingerprint density at radius 2 is 1.76 bits per heavy atom. The molecule has 29 heavy (non-hydrogen) atoms. The van der Waals surface area contributed by atoms with Crippen LogP contribution in [-0.4, -0.2) is 10.7 Å². The maximum Gasteiger partial charge on any atom is 0.0591 e. The third kappa shape index (κ3) is 6.58. The third-order valence-corrected chi connectivity index (χ3v) is 7.88. The van der Waals surface area contributed by atoms with Gasteiger partial charge in [-0.3, -0.25) is 0 Å². The molecule has 0 heterocycles. The lowest BCUT2D eigenvalue weighted by molar-refractivity contribution is 0.0660. The predicted octanol–water partition coefficient (Wildman–Crippen LogP) is 8.54. The fourth-order valence-corrected chi connectivity index (χ4v) is 6.17. The van der Waals surface area contributed by atoms with E-state index < -0.39 is 5.60 Å². The molecule has 3 fully saturated rings. The minimum Gasteiger partial charge on any atom is -0.390 e. The Balaban J connectivity index is 0.00000145. The first-order valence-corrected chi connectivity index (χ1v) is 12.6. The molecular weight excluding hydrogens is 352 g/mol. The molecular formula is C28H48O. The van der Waals surface area contributed by atoms with Gasteiger partial charge in [-0.15, -0.1) is 0 Å². The van der Waals surface area contributed by atoms with Gasteiger partial charge in [0.1, 0.15) is 0 Å². The molecule has 0 amide bonds. The van der Waals surface area contributed by atoms with E-state index in [1.54, 1.807) is 5.57 Å². The number of hydrogen-bond acceptors (Lipinski definition) is 1. The number of unbranched alkanes of at least 4 members (excludes halogenated alkanes) is 1. The van der Waals surface area contributed by atoms with E-state index in [0.717, 1.165) is 24.7 Å². The molecule has 3 aliphatic rings. The molecule has 0 aromatic rings. The van der Waals surface area contributed by atoms with Crippen LogP contribution in [0.2, 0.25) is 0 Å². The summed E-state index contributed by atoms with van der Waals surface area (Å²) in [6.45, 7) is 14.8. The highest BCUT2D eigenvalue weighted by molar-refractivity contribution is 5.35. The zero-order valence-electron chi connectivity index (χ0n) is 20.2. The molecule has 0 aromatic carbocycles. The largest absolute Gasteiger partial charge is 0.390 e. The van der Waals surface area contributed by atoms with Gasteiger partial charge in [0.2, 0.25) is 0 Å². The molecule has 0 radical (unpaired) electrons. The highest BCUT2D eigenvalue weighted by Crippen LogP contribution is 2.58. The number of aliphatic hydroxyl groups is 1. The molecule has 3 saturated carbocycles. The Labute approximate surface area is 181 Å². The Hall–Kier alpha value is -0.820. The summed E-state index contributed by atoms with van der Waals surface area (Å²) in [5, 5.41) is 9.95. The van der Waals surface area contributed by atoms with Crippen LogP contribution < -0.4 is 0 Å². The van der Waals surface area contributed by atoms with Crippen molar-refractivity contribution < 1.29 is 5.11 Å². The van der Waals surface area contributed by atoms with Crippen molar-refractivity contribution in [2.75, 3.05) is 0 Å². The molecule has 3 aliphatic carbocycles. The summed E-state index contributed by atoms with van der Waals surface area (Å²) in [7, 11) is 0. The van der Waals surface area contributed by atoms with E-state index in [1.165, 1.54) is 81.8 Å². The fourth-order valence-electron chi connectivity index (χ4n) is 6.17. The van der Waals surface area contributed by atoms with Gasteiger partial charge >= 0.3 is 0 Å². The van der Waals surface area contributed by atoms with Gasteiger partial charge in [0.05, 0.1) is 5.60 Å². The van der Waals surface area contributed by atoms with Gasteiger partial charge in [-0.1, -0.05) is 63.5 Å². The fraction of sp³-hybridized carbons (Fsp3) is 0.786. The Morgan fingerprint density at radius 1 is 1.03 bits per heavy atom. The molecule has 0 spiro atoms. The second-order valence-corrected chi connectivity index (χ2v) is 10.5. The van der Waals surface area contributed by atoms with Crippen molar-refractivity contribution >= 4 is 0 Å². The first-order chi connectivity index (χ1) is 13.8. The first-order valence-electron chi connectivity index (χ1n) is 12.6. The van der Waals surface area contributed by atoms with E-state index >= 15 is 0 Å². The van der Waals surface area contributed by atoms with Crippen molar-refractivity contribution in [1.82, 2.24) is 0 Å². The maximum absolute atomic E-state index is 9.95. The van der Waals surface area contributed by atoms with E-state index in [4.69, 9.17) is 0 Å². The Kier molecular flexibility index (Phi) is 9.26. The zero-order chi connectivity index (χ0) is 21.5. The minimum atomic E-state index is -0.501. The van der Waals surface area contributed by atoms with Crippen LogP contribution >= 0.6 is 0 Å². The van der Waals surface area contributed by atoms with Crippen molar-refractivity contribution in [3.05, 3.63) is 35.5 Å². The van der Waals surface area contributed by atoms with Crippen molar-refractivity contribution in [3.8, 4) is 0 Å². The molecule has 3 rings (SSSR count). The van der Waals surface area contributed by atoms with Crippen LogP contribution in [0.15, 0.2) is 35.5 Å². The molecule has 0 aliphatic heterocycles. The molecule has 1 nitrogen and oxygen atoms in total. The molecule has 0 bridgehead atoms. The minimum absolute atomic E-state index is 0.501. The van der Waals surface area contributed by atoms with Crippen molar-refractivity contribution in [3.63, 3.8) is 0 Å². The lowest BCUT2D eigenvalue weighted by Gasteiger charge is -2.42. The predicted molar refractivity (Wildman–Crippen MR) is 128 cm³/mol. The number of hydrogen-bond donors (Lipinski definition) is 1. The lowest BCUT2D eigenvalue weighted by Crippen LogP contribution is -2.33. The van der Waals surface area contributed by atoms with Crippen molar-refractivity contribution in [1.29, 1.82) is 0 Å². The average Bonchev–Trinajstić information content (AvgIpc) is 3.02. The van der Waals surface area contributed by atoms with Crippen LogP contribution in [0.3, 0.4) is 0 Å².